The molecule has 136 valence electrons. The third-order valence-corrected chi connectivity index (χ3v) is 3.99. The van der Waals surface area contributed by atoms with Crippen LogP contribution in [0, 0.1) is 0 Å². The molecule has 1 N–H and O–H groups in total. The van der Waals surface area contributed by atoms with E-state index in [0.717, 1.165) is 10.5 Å². The van der Waals surface area contributed by atoms with Crippen molar-refractivity contribution in [3.63, 3.8) is 0 Å². The van der Waals surface area contributed by atoms with Crippen LogP contribution in [0.1, 0.15) is 18.5 Å². The van der Waals surface area contributed by atoms with Crippen LogP contribution in [-0.4, -0.2) is 62.2 Å². The molecule has 2 atom stereocenters. The number of aromatic nitrogens is 4. The summed E-state index contributed by atoms with van der Waals surface area (Å²) in [6.07, 6.45) is 0.520. The molecular weight excluding hydrogens is 340 g/mol. The lowest BCUT2D eigenvalue weighted by Crippen LogP contribution is -2.42. The number of hydrogen-bond acceptors (Lipinski definition) is 7. The number of rotatable bonds is 6. The molecule has 1 aliphatic rings. The second kappa shape index (κ2) is 7.72. The van der Waals surface area contributed by atoms with Crippen LogP contribution in [0.15, 0.2) is 36.7 Å². The number of nitrogens with one attached hydrogen (secondary N) is 1. The normalized spacial score (nSPS) is 16.0. The van der Waals surface area contributed by atoms with E-state index in [1.807, 2.05) is 30.3 Å². The molecule has 1 aliphatic heterocycles. The first-order chi connectivity index (χ1) is 12.6. The van der Waals surface area contributed by atoms with Crippen LogP contribution in [0.2, 0.25) is 0 Å². The minimum absolute atomic E-state index is 0.250. The van der Waals surface area contributed by atoms with Crippen LogP contribution in [0.5, 0.6) is 0 Å². The van der Waals surface area contributed by atoms with Gasteiger partial charge in [-0.05, 0) is 22.9 Å². The second-order valence-corrected chi connectivity index (χ2v) is 5.80. The second-order valence-electron chi connectivity index (χ2n) is 5.80. The molecule has 0 saturated carbocycles. The Kier molecular flexibility index (Phi) is 5.20. The maximum atomic E-state index is 12.6. The van der Waals surface area contributed by atoms with Crippen molar-refractivity contribution in [2.24, 2.45) is 0 Å². The summed E-state index contributed by atoms with van der Waals surface area (Å²) in [5.41, 5.74) is 0.892. The highest BCUT2D eigenvalue weighted by Crippen LogP contribution is 2.16. The first kappa shape index (κ1) is 17.5. The monoisotopic (exact) mass is 358 g/mol. The van der Waals surface area contributed by atoms with E-state index in [0.29, 0.717) is 13.0 Å². The Balaban J connectivity index is 1.71. The molecule has 1 fully saturated rings. The van der Waals surface area contributed by atoms with Crippen molar-refractivity contribution in [1.29, 1.82) is 0 Å². The predicted molar refractivity (Wildman–Crippen MR) is 87.7 cm³/mol. The molecule has 1 aromatic carbocycles. The Morgan fingerprint density at radius 1 is 1.31 bits per heavy atom. The van der Waals surface area contributed by atoms with Crippen LogP contribution in [0.4, 0.5) is 4.79 Å². The van der Waals surface area contributed by atoms with Gasteiger partial charge in [0.2, 0.25) is 0 Å². The van der Waals surface area contributed by atoms with Crippen LogP contribution < -0.4 is 5.32 Å². The van der Waals surface area contributed by atoms with Crippen LogP contribution in [0.25, 0.3) is 0 Å². The minimum Gasteiger partial charge on any atom is -0.451 e. The minimum atomic E-state index is -1.10. The Hall–Kier alpha value is -3.30. The molecule has 0 radical (unpaired) electrons. The van der Waals surface area contributed by atoms with Crippen LogP contribution >= 0.6 is 0 Å². The summed E-state index contributed by atoms with van der Waals surface area (Å²) in [6.45, 7) is 2.07. The van der Waals surface area contributed by atoms with Gasteiger partial charge in [-0.1, -0.05) is 30.3 Å². The maximum Gasteiger partial charge on any atom is 0.332 e. The van der Waals surface area contributed by atoms with Gasteiger partial charge in [-0.3, -0.25) is 9.69 Å². The smallest absolute Gasteiger partial charge is 0.332 e. The number of hydrogen-bond donors (Lipinski definition) is 1. The molecule has 1 aromatic heterocycles. The van der Waals surface area contributed by atoms with E-state index >= 15 is 0 Å². The Morgan fingerprint density at radius 2 is 2.08 bits per heavy atom. The predicted octanol–water partition coefficient (Wildman–Crippen LogP) is -0.0596. The number of esters is 1. The van der Waals surface area contributed by atoms with Gasteiger partial charge in [0, 0.05) is 19.5 Å². The fourth-order valence-electron chi connectivity index (χ4n) is 2.64. The van der Waals surface area contributed by atoms with Gasteiger partial charge in [0.15, 0.2) is 12.1 Å². The number of amides is 3. The van der Waals surface area contributed by atoms with E-state index in [1.54, 1.807) is 0 Å². The number of carbonyl (C=O) groups is 3. The van der Waals surface area contributed by atoms with Crippen molar-refractivity contribution in [2.75, 3.05) is 13.1 Å². The summed E-state index contributed by atoms with van der Waals surface area (Å²) in [5, 5.41) is 13.4. The molecule has 10 nitrogen and oxygen atoms in total. The van der Waals surface area contributed by atoms with E-state index < -0.39 is 30.1 Å². The topological polar surface area (TPSA) is 119 Å². The quantitative estimate of drug-likeness (QED) is 0.718. The number of imide groups is 1. The molecule has 3 rings (SSSR count). The fourth-order valence-corrected chi connectivity index (χ4v) is 2.64. The summed E-state index contributed by atoms with van der Waals surface area (Å²) in [4.78, 5) is 37.6. The van der Waals surface area contributed by atoms with Gasteiger partial charge < -0.3 is 10.1 Å². The van der Waals surface area contributed by atoms with E-state index in [2.05, 4.69) is 20.8 Å². The summed E-state index contributed by atoms with van der Waals surface area (Å²) >= 11 is 0. The molecule has 10 heteroatoms. The highest BCUT2D eigenvalue weighted by molar-refractivity contribution is 5.98. The summed E-state index contributed by atoms with van der Waals surface area (Å²) in [6, 6.07) is 8.01. The zero-order valence-corrected chi connectivity index (χ0v) is 14.1. The Morgan fingerprint density at radius 3 is 2.69 bits per heavy atom. The van der Waals surface area contributed by atoms with Gasteiger partial charge in [0.1, 0.15) is 6.33 Å². The van der Waals surface area contributed by atoms with Gasteiger partial charge >= 0.3 is 12.0 Å². The van der Waals surface area contributed by atoms with Gasteiger partial charge in [-0.25, -0.2) is 14.3 Å². The number of nitrogens with zero attached hydrogens (tertiary/aromatic N) is 5. The molecular formula is C16H18N6O4. The molecule has 0 unspecified atom stereocenters. The molecule has 0 spiro atoms. The number of urea groups is 1. The largest absolute Gasteiger partial charge is 0.451 e. The summed E-state index contributed by atoms with van der Waals surface area (Å²) in [5.74, 6) is -1.22. The van der Waals surface area contributed by atoms with E-state index in [9.17, 15) is 14.4 Å². The average Bonchev–Trinajstić information content (AvgIpc) is 3.31. The zero-order chi connectivity index (χ0) is 18.5. The standard InChI is InChI=1S/C16H18N6O4/c1-11(14(23)21-8-7-17-16(21)25)26-15(24)13(22-10-18-19-20-22)9-12-5-3-2-4-6-12/h2-6,10-11,13H,7-9H2,1H3,(H,17,25)/t11-,13+/m0/s1. The van der Waals surface area contributed by atoms with Crippen LogP contribution in [0.3, 0.4) is 0 Å². The molecule has 3 amide bonds. The molecule has 2 heterocycles. The third-order valence-electron chi connectivity index (χ3n) is 3.99. The third kappa shape index (κ3) is 3.85. The maximum absolute atomic E-state index is 12.6. The van der Waals surface area contributed by atoms with Crippen molar-refractivity contribution in [1.82, 2.24) is 30.4 Å². The number of carbonyl (C=O) groups excluding carboxylic acids is 3. The number of tetrazole rings is 1. The molecule has 2 aromatic rings. The highest BCUT2D eigenvalue weighted by Gasteiger charge is 2.33. The molecule has 0 bridgehead atoms. The van der Waals surface area contributed by atoms with Gasteiger partial charge in [-0.2, -0.15) is 0 Å². The summed E-state index contributed by atoms with van der Waals surface area (Å²) in [7, 11) is 0. The first-order valence-corrected chi connectivity index (χ1v) is 8.12. The highest BCUT2D eigenvalue weighted by atomic mass is 16.5. The van der Waals surface area contributed by atoms with E-state index in [-0.39, 0.29) is 6.54 Å². The van der Waals surface area contributed by atoms with E-state index in [1.165, 1.54) is 17.9 Å². The van der Waals surface area contributed by atoms with Crippen molar-refractivity contribution in [3.8, 4) is 0 Å². The molecule has 26 heavy (non-hydrogen) atoms. The van der Waals surface area contributed by atoms with Crippen molar-refractivity contribution in [3.05, 3.63) is 42.2 Å². The number of benzene rings is 1. The average molecular weight is 358 g/mol. The van der Waals surface area contributed by atoms with Crippen molar-refractivity contribution >= 4 is 17.9 Å². The van der Waals surface area contributed by atoms with Gasteiger partial charge in [0.05, 0.1) is 0 Å². The van der Waals surface area contributed by atoms with Gasteiger partial charge in [0.25, 0.3) is 5.91 Å². The Bertz CT molecular complexity index is 779. The zero-order valence-electron chi connectivity index (χ0n) is 14.1. The van der Waals surface area contributed by atoms with Crippen LogP contribution in [-0.2, 0) is 20.7 Å². The Labute approximate surface area is 149 Å². The SMILES string of the molecule is C[C@H](OC(=O)[C@@H](Cc1ccccc1)n1cnnn1)C(=O)N1CCNC1=O. The fraction of sp³-hybridized carbons (Fsp3) is 0.375. The lowest BCUT2D eigenvalue weighted by molar-refractivity contribution is -0.160. The lowest BCUT2D eigenvalue weighted by atomic mass is 10.1. The van der Waals surface area contributed by atoms with E-state index in [4.69, 9.17) is 4.74 Å². The van der Waals surface area contributed by atoms with Crippen molar-refractivity contribution < 1.29 is 19.1 Å². The molecule has 1 saturated heterocycles. The lowest BCUT2D eigenvalue weighted by Gasteiger charge is -2.21. The number of ether oxygens (including phenoxy) is 1. The molecule has 0 aliphatic carbocycles. The summed E-state index contributed by atoms with van der Waals surface area (Å²) < 4.78 is 6.59. The van der Waals surface area contributed by atoms with Gasteiger partial charge in [-0.15, -0.1) is 5.10 Å². The van der Waals surface area contributed by atoms with Crippen molar-refractivity contribution in [2.45, 2.75) is 25.5 Å². The first-order valence-electron chi connectivity index (χ1n) is 8.12.